The highest BCUT2D eigenvalue weighted by Gasteiger charge is 2.13. The average Bonchev–Trinajstić information content (AvgIpc) is 2.18. The Labute approximate surface area is 86.7 Å². The minimum absolute atomic E-state index is 0.0144. The number of aryl methyl sites for hydroxylation is 1. The summed E-state index contributed by atoms with van der Waals surface area (Å²) in [7, 11) is 0. The number of hydrogen-bond acceptors (Lipinski definition) is 4. The van der Waals surface area contributed by atoms with Crippen LogP contribution in [-0.2, 0) is 4.74 Å². The number of pyridine rings is 1. The molecule has 0 spiro atoms. The lowest BCUT2D eigenvalue weighted by Crippen LogP contribution is -2.09. The first-order valence-corrected chi connectivity index (χ1v) is 4.43. The molecule has 5 heteroatoms. The van der Waals surface area contributed by atoms with Gasteiger partial charge in [-0.25, -0.2) is 9.59 Å². The third-order valence-corrected chi connectivity index (χ3v) is 1.83. The Morgan fingerprint density at radius 1 is 1.53 bits per heavy atom. The maximum Gasteiger partial charge on any atom is 0.339 e. The Morgan fingerprint density at radius 2 is 2.20 bits per heavy atom. The van der Waals surface area contributed by atoms with E-state index >= 15 is 0 Å². The van der Waals surface area contributed by atoms with Crippen molar-refractivity contribution in [1.82, 2.24) is 4.98 Å². The summed E-state index contributed by atoms with van der Waals surface area (Å²) in [4.78, 5) is 25.9. The first kappa shape index (κ1) is 11.2. The molecule has 0 atom stereocenters. The van der Waals surface area contributed by atoms with Crippen LogP contribution < -0.4 is 0 Å². The molecule has 0 radical (unpaired) electrons. The largest absolute Gasteiger partial charge is 0.478 e. The van der Waals surface area contributed by atoms with Crippen molar-refractivity contribution in [2.24, 2.45) is 0 Å². The molecule has 0 aliphatic heterocycles. The highest BCUT2D eigenvalue weighted by atomic mass is 16.5. The summed E-state index contributed by atoms with van der Waals surface area (Å²) < 4.78 is 4.73. The number of esters is 1. The molecule has 80 valence electrons. The normalized spacial score (nSPS) is 9.73. The predicted molar refractivity (Wildman–Crippen MR) is 51.9 cm³/mol. The number of carbonyl (C=O) groups is 2. The maximum absolute atomic E-state index is 11.3. The molecule has 5 nitrogen and oxygen atoms in total. The average molecular weight is 209 g/mol. The lowest BCUT2D eigenvalue weighted by atomic mass is 10.1. The van der Waals surface area contributed by atoms with Crippen LogP contribution in [0.4, 0.5) is 0 Å². The number of carboxylic acids is 1. The SMILES string of the molecule is CCOC(=O)c1cnc(C)c(C(=O)O)c1. The van der Waals surface area contributed by atoms with Gasteiger partial charge in [-0.05, 0) is 19.9 Å². The van der Waals surface area contributed by atoms with Crippen LogP contribution in [0.3, 0.4) is 0 Å². The van der Waals surface area contributed by atoms with Gasteiger partial charge in [0, 0.05) is 6.20 Å². The second kappa shape index (κ2) is 4.54. The van der Waals surface area contributed by atoms with Crippen LogP contribution in [0.2, 0.25) is 0 Å². The molecule has 0 amide bonds. The number of rotatable bonds is 3. The fourth-order valence-corrected chi connectivity index (χ4v) is 1.08. The van der Waals surface area contributed by atoms with E-state index in [2.05, 4.69) is 4.98 Å². The molecule has 0 unspecified atom stereocenters. The molecular formula is C10H11NO4. The third kappa shape index (κ3) is 2.52. The highest BCUT2D eigenvalue weighted by Crippen LogP contribution is 2.09. The Kier molecular flexibility index (Phi) is 3.38. The Morgan fingerprint density at radius 3 is 2.73 bits per heavy atom. The Hall–Kier alpha value is -1.91. The van der Waals surface area contributed by atoms with Gasteiger partial charge in [-0.3, -0.25) is 4.98 Å². The number of hydrogen-bond donors (Lipinski definition) is 1. The first-order valence-electron chi connectivity index (χ1n) is 4.43. The van der Waals surface area contributed by atoms with Crippen molar-refractivity contribution in [1.29, 1.82) is 0 Å². The zero-order valence-corrected chi connectivity index (χ0v) is 8.48. The summed E-state index contributed by atoms with van der Waals surface area (Å²) in [5.41, 5.74) is 0.538. The van der Waals surface area contributed by atoms with Crippen LogP contribution in [0.15, 0.2) is 12.3 Å². The fourth-order valence-electron chi connectivity index (χ4n) is 1.08. The fraction of sp³-hybridized carbons (Fsp3) is 0.300. The molecule has 0 saturated heterocycles. The van der Waals surface area contributed by atoms with Gasteiger partial charge in [0.05, 0.1) is 23.4 Å². The van der Waals surface area contributed by atoms with Crippen LogP contribution in [0.5, 0.6) is 0 Å². The molecule has 1 rings (SSSR count). The number of carboxylic acid groups (broad SMARTS) is 1. The van der Waals surface area contributed by atoms with Gasteiger partial charge in [-0.15, -0.1) is 0 Å². The van der Waals surface area contributed by atoms with Gasteiger partial charge in [-0.2, -0.15) is 0 Å². The van der Waals surface area contributed by atoms with E-state index in [9.17, 15) is 9.59 Å². The summed E-state index contributed by atoms with van der Waals surface area (Å²) in [6.07, 6.45) is 1.31. The van der Waals surface area contributed by atoms with E-state index in [0.717, 1.165) is 0 Å². The van der Waals surface area contributed by atoms with Crippen molar-refractivity contribution >= 4 is 11.9 Å². The second-order valence-corrected chi connectivity index (χ2v) is 2.88. The van der Waals surface area contributed by atoms with Crippen molar-refractivity contribution in [2.45, 2.75) is 13.8 Å². The second-order valence-electron chi connectivity index (χ2n) is 2.88. The molecule has 0 aliphatic carbocycles. The first-order chi connectivity index (χ1) is 7.06. The zero-order valence-electron chi connectivity index (χ0n) is 8.48. The molecule has 0 fully saturated rings. The lowest BCUT2D eigenvalue weighted by molar-refractivity contribution is 0.0526. The van der Waals surface area contributed by atoms with Crippen molar-refractivity contribution in [3.63, 3.8) is 0 Å². The number of carbonyl (C=O) groups excluding carboxylic acids is 1. The number of nitrogens with zero attached hydrogens (tertiary/aromatic N) is 1. The van der Waals surface area contributed by atoms with Crippen LogP contribution in [-0.4, -0.2) is 28.6 Å². The van der Waals surface area contributed by atoms with Gasteiger partial charge in [0.2, 0.25) is 0 Å². The van der Waals surface area contributed by atoms with Gasteiger partial charge in [0.15, 0.2) is 0 Å². The summed E-state index contributed by atoms with van der Waals surface area (Å²) >= 11 is 0. The Bertz CT molecular complexity index is 400. The monoisotopic (exact) mass is 209 g/mol. The van der Waals surface area contributed by atoms with E-state index in [1.54, 1.807) is 13.8 Å². The molecule has 15 heavy (non-hydrogen) atoms. The van der Waals surface area contributed by atoms with Crippen LogP contribution >= 0.6 is 0 Å². The molecule has 1 aromatic heterocycles. The minimum atomic E-state index is -1.11. The van der Waals surface area contributed by atoms with Crippen LogP contribution in [0, 0.1) is 6.92 Å². The standard InChI is InChI=1S/C10H11NO4/c1-3-15-10(14)7-4-8(9(12)13)6(2)11-5-7/h4-5H,3H2,1-2H3,(H,12,13). The summed E-state index contributed by atoms with van der Waals surface area (Å²) in [6, 6.07) is 1.27. The van der Waals surface area contributed by atoms with Crippen molar-refractivity contribution in [3.05, 3.63) is 29.1 Å². The van der Waals surface area contributed by atoms with Gasteiger partial charge >= 0.3 is 11.9 Å². The molecule has 1 aromatic rings. The van der Waals surface area contributed by atoms with Gasteiger partial charge in [-0.1, -0.05) is 0 Å². The van der Waals surface area contributed by atoms with Crippen LogP contribution in [0.1, 0.15) is 33.3 Å². The van der Waals surface area contributed by atoms with E-state index in [-0.39, 0.29) is 17.7 Å². The third-order valence-electron chi connectivity index (χ3n) is 1.83. The van der Waals surface area contributed by atoms with Gasteiger partial charge in [0.25, 0.3) is 0 Å². The van der Waals surface area contributed by atoms with E-state index in [1.165, 1.54) is 12.3 Å². The van der Waals surface area contributed by atoms with Gasteiger partial charge in [0.1, 0.15) is 0 Å². The van der Waals surface area contributed by atoms with Crippen LogP contribution in [0.25, 0.3) is 0 Å². The van der Waals surface area contributed by atoms with Crippen molar-refractivity contribution in [3.8, 4) is 0 Å². The van der Waals surface area contributed by atoms with E-state index in [1.807, 2.05) is 0 Å². The van der Waals surface area contributed by atoms with Crippen molar-refractivity contribution in [2.75, 3.05) is 6.61 Å². The van der Waals surface area contributed by atoms with Gasteiger partial charge < -0.3 is 9.84 Å². The lowest BCUT2D eigenvalue weighted by Gasteiger charge is -2.04. The number of aromatic nitrogens is 1. The minimum Gasteiger partial charge on any atom is -0.478 e. The summed E-state index contributed by atoms with van der Waals surface area (Å²) in [5, 5.41) is 8.81. The molecule has 0 aromatic carbocycles. The summed E-state index contributed by atoms with van der Waals surface area (Å²) in [5.74, 6) is -1.67. The topological polar surface area (TPSA) is 76.5 Å². The smallest absolute Gasteiger partial charge is 0.339 e. The summed E-state index contributed by atoms with van der Waals surface area (Å²) in [6.45, 7) is 3.49. The number of ether oxygens (including phenoxy) is 1. The van der Waals surface area contributed by atoms with Crippen molar-refractivity contribution < 1.29 is 19.4 Å². The maximum atomic E-state index is 11.3. The number of aromatic carboxylic acids is 1. The van der Waals surface area contributed by atoms with E-state index < -0.39 is 11.9 Å². The zero-order chi connectivity index (χ0) is 11.4. The van der Waals surface area contributed by atoms with E-state index in [0.29, 0.717) is 5.69 Å². The van der Waals surface area contributed by atoms with E-state index in [4.69, 9.17) is 9.84 Å². The molecule has 0 bridgehead atoms. The molecule has 0 aliphatic rings. The molecule has 1 heterocycles. The molecule has 0 saturated carbocycles. The Balaban J connectivity index is 3.07. The molecule has 1 N–H and O–H groups in total. The highest BCUT2D eigenvalue weighted by molar-refractivity contribution is 5.94. The molecular weight excluding hydrogens is 198 g/mol. The predicted octanol–water partition coefficient (Wildman–Crippen LogP) is 1.26. The quantitative estimate of drug-likeness (QED) is 0.758.